The molecule has 0 fully saturated rings. The van der Waals surface area contributed by atoms with Gasteiger partial charge in [-0.05, 0) is 26.0 Å². The molecule has 0 saturated heterocycles. The van der Waals surface area contributed by atoms with Crippen LogP contribution in [0.3, 0.4) is 0 Å². The molecule has 1 heterocycles. The summed E-state index contributed by atoms with van der Waals surface area (Å²) in [7, 11) is 0. The molecule has 19 heavy (non-hydrogen) atoms. The van der Waals surface area contributed by atoms with Crippen LogP contribution in [0.2, 0.25) is 0 Å². The van der Waals surface area contributed by atoms with Crippen molar-refractivity contribution >= 4 is 5.97 Å². The molecule has 0 bridgehead atoms. The minimum atomic E-state index is -1.51. The van der Waals surface area contributed by atoms with Gasteiger partial charge in [-0.1, -0.05) is 17.7 Å². The summed E-state index contributed by atoms with van der Waals surface area (Å²) in [5.74, 6) is -1.51. The fourth-order valence-corrected chi connectivity index (χ4v) is 1.66. The molecule has 0 aliphatic carbocycles. The third-order valence-electron chi connectivity index (χ3n) is 2.68. The molecule has 0 atom stereocenters. The number of benzene rings is 1. The van der Waals surface area contributed by atoms with Gasteiger partial charge in [0.2, 0.25) is 0 Å². The molecule has 0 amide bonds. The van der Waals surface area contributed by atoms with E-state index < -0.39 is 17.1 Å². The Morgan fingerprint density at radius 3 is 2.32 bits per heavy atom. The van der Waals surface area contributed by atoms with Crippen molar-refractivity contribution in [3.63, 3.8) is 0 Å². The number of carbonyl (C=O) groups is 1. The van der Waals surface area contributed by atoms with Gasteiger partial charge in [-0.25, -0.2) is 4.98 Å². The van der Waals surface area contributed by atoms with Crippen molar-refractivity contribution in [1.29, 1.82) is 0 Å². The molecule has 92 valence electrons. The van der Waals surface area contributed by atoms with Gasteiger partial charge in [0, 0.05) is 0 Å². The van der Waals surface area contributed by atoms with Crippen molar-refractivity contribution in [3.05, 3.63) is 57.8 Å². The first-order valence-electron chi connectivity index (χ1n) is 5.37. The first-order valence-corrected chi connectivity index (χ1v) is 5.37. The first-order chi connectivity index (χ1) is 8.50. The smallest absolute Gasteiger partial charge is 0.545 e. The second-order valence-corrected chi connectivity index (χ2v) is 4.00. The summed E-state index contributed by atoms with van der Waals surface area (Å²) in [5, 5.41) is 10.9. The monoisotopic (exact) mass is 266 g/mol. The average Bonchev–Trinajstić information content (AvgIpc) is 2.30. The summed E-state index contributed by atoms with van der Waals surface area (Å²) in [5.41, 5.74) is 0.736. The number of aromatic nitrogens is 2. The zero-order valence-electron chi connectivity index (χ0n) is 11.0. The van der Waals surface area contributed by atoms with Gasteiger partial charge in [-0.15, -0.1) is 0 Å². The summed E-state index contributed by atoms with van der Waals surface area (Å²) >= 11 is 0. The Hall–Kier alpha value is -1.43. The van der Waals surface area contributed by atoms with Crippen LogP contribution in [-0.4, -0.2) is 15.5 Å². The number of aromatic carboxylic acids is 1. The number of nitrogens with zero attached hydrogens (tertiary/aromatic N) is 2. The van der Waals surface area contributed by atoms with Gasteiger partial charge in [-0.2, -0.15) is 0 Å². The van der Waals surface area contributed by atoms with E-state index in [0.29, 0.717) is 5.69 Å². The molecule has 2 aromatic rings. The number of carboxylic acids is 1. The minimum Gasteiger partial charge on any atom is -0.545 e. The summed E-state index contributed by atoms with van der Waals surface area (Å²) in [6.07, 6.45) is 1.31. The Kier molecular flexibility index (Phi) is 5.05. The molecule has 2 rings (SSSR count). The molecule has 0 aliphatic rings. The Bertz CT molecular complexity index is 663. The predicted molar refractivity (Wildman–Crippen MR) is 63.6 cm³/mol. The minimum absolute atomic E-state index is 0. The SMILES string of the molecule is Cc1ccc(-n2cnc(C)c(C(=O)[O-])c2=O)cc1.[Na+]. The Morgan fingerprint density at radius 1 is 1.21 bits per heavy atom. The Balaban J connectivity index is 0.00000180. The van der Waals surface area contributed by atoms with Crippen molar-refractivity contribution < 1.29 is 39.5 Å². The fourth-order valence-electron chi connectivity index (χ4n) is 1.66. The molecule has 5 nitrogen and oxygen atoms in total. The van der Waals surface area contributed by atoms with Crippen LogP contribution in [0.4, 0.5) is 0 Å². The van der Waals surface area contributed by atoms with Crippen LogP contribution < -0.4 is 40.2 Å². The largest absolute Gasteiger partial charge is 1.00 e. The van der Waals surface area contributed by atoms with Gasteiger partial charge in [-0.3, -0.25) is 9.36 Å². The normalized spacial score (nSPS) is 9.79. The van der Waals surface area contributed by atoms with Crippen molar-refractivity contribution in [2.75, 3.05) is 0 Å². The quantitative estimate of drug-likeness (QED) is 0.551. The molecule has 1 aromatic carbocycles. The summed E-state index contributed by atoms with van der Waals surface area (Å²) in [4.78, 5) is 26.8. The number of hydrogen-bond donors (Lipinski definition) is 0. The van der Waals surface area contributed by atoms with Crippen molar-refractivity contribution in [1.82, 2.24) is 9.55 Å². The molecule has 0 radical (unpaired) electrons. The zero-order chi connectivity index (χ0) is 13.3. The zero-order valence-corrected chi connectivity index (χ0v) is 13.0. The number of rotatable bonds is 2. The molecular weight excluding hydrogens is 255 g/mol. The maximum atomic E-state index is 12.0. The van der Waals surface area contributed by atoms with Crippen LogP contribution in [0, 0.1) is 13.8 Å². The summed E-state index contributed by atoms with van der Waals surface area (Å²) in [6, 6.07) is 7.13. The van der Waals surface area contributed by atoms with Crippen LogP contribution in [-0.2, 0) is 0 Å². The van der Waals surface area contributed by atoms with E-state index in [9.17, 15) is 14.7 Å². The second-order valence-electron chi connectivity index (χ2n) is 4.00. The van der Waals surface area contributed by atoms with Crippen LogP contribution in [0.15, 0.2) is 35.4 Å². The molecule has 0 aliphatic heterocycles. The van der Waals surface area contributed by atoms with E-state index in [-0.39, 0.29) is 35.3 Å². The predicted octanol–water partition coefficient (Wildman–Crippen LogP) is -2.78. The van der Waals surface area contributed by atoms with Gasteiger partial charge in [0.15, 0.2) is 0 Å². The van der Waals surface area contributed by atoms with Crippen LogP contribution in [0.25, 0.3) is 5.69 Å². The molecule has 0 N–H and O–H groups in total. The fraction of sp³-hybridized carbons (Fsp3) is 0.154. The summed E-state index contributed by atoms with van der Waals surface area (Å²) < 4.78 is 1.19. The van der Waals surface area contributed by atoms with E-state index in [1.807, 2.05) is 19.1 Å². The Morgan fingerprint density at radius 2 is 1.79 bits per heavy atom. The molecule has 0 unspecified atom stereocenters. The van der Waals surface area contributed by atoms with Gasteiger partial charge in [0.1, 0.15) is 6.33 Å². The molecule has 0 spiro atoms. The van der Waals surface area contributed by atoms with Gasteiger partial charge >= 0.3 is 29.6 Å². The Labute approximate surface area is 132 Å². The first kappa shape index (κ1) is 15.6. The van der Waals surface area contributed by atoms with Gasteiger partial charge < -0.3 is 9.90 Å². The van der Waals surface area contributed by atoms with Crippen molar-refractivity contribution in [2.24, 2.45) is 0 Å². The maximum Gasteiger partial charge on any atom is 1.00 e. The number of aryl methyl sites for hydroxylation is 2. The van der Waals surface area contributed by atoms with E-state index in [1.165, 1.54) is 17.8 Å². The van der Waals surface area contributed by atoms with Crippen molar-refractivity contribution in [2.45, 2.75) is 13.8 Å². The van der Waals surface area contributed by atoms with E-state index >= 15 is 0 Å². The van der Waals surface area contributed by atoms with Crippen molar-refractivity contribution in [3.8, 4) is 5.69 Å². The molecule has 6 heteroatoms. The average molecular weight is 266 g/mol. The van der Waals surface area contributed by atoms with Crippen LogP contribution in [0.5, 0.6) is 0 Å². The van der Waals surface area contributed by atoms with E-state index in [1.54, 1.807) is 12.1 Å². The molecular formula is C13H11N2NaO3. The number of carboxylic acid groups (broad SMARTS) is 1. The maximum absolute atomic E-state index is 12.0. The summed E-state index contributed by atoms with van der Waals surface area (Å²) in [6.45, 7) is 3.39. The van der Waals surface area contributed by atoms with Crippen LogP contribution in [0.1, 0.15) is 21.6 Å². The topological polar surface area (TPSA) is 75.0 Å². The van der Waals surface area contributed by atoms with Gasteiger partial charge in [0.05, 0.1) is 22.9 Å². The molecule has 1 aromatic heterocycles. The third kappa shape index (κ3) is 3.12. The van der Waals surface area contributed by atoms with Gasteiger partial charge in [0.25, 0.3) is 5.56 Å². The van der Waals surface area contributed by atoms with E-state index in [0.717, 1.165) is 5.56 Å². The number of hydrogen-bond acceptors (Lipinski definition) is 4. The van der Waals surface area contributed by atoms with Crippen LogP contribution >= 0.6 is 0 Å². The standard InChI is InChI=1S/C13H12N2O3.Na/c1-8-3-5-10(6-4-8)15-7-14-9(2)11(12(15)16)13(17)18;/h3-7H,1-2H3,(H,17,18);/q;+1/p-1. The van der Waals surface area contributed by atoms with E-state index in [4.69, 9.17) is 0 Å². The number of carbonyl (C=O) groups excluding carboxylic acids is 1. The third-order valence-corrected chi connectivity index (χ3v) is 2.68. The van der Waals surface area contributed by atoms with E-state index in [2.05, 4.69) is 4.98 Å². The second kappa shape index (κ2) is 6.14. The molecule has 0 saturated carbocycles.